The molecule has 100 valence electrons. The smallest absolute Gasteiger partial charge is 0.125 e. The molecule has 1 aromatic heterocycles. The van der Waals surface area contributed by atoms with Crippen molar-refractivity contribution in [3.63, 3.8) is 0 Å². The summed E-state index contributed by atoms with van der Waals surface area (Å²) in [5.74, 6) is 1.00. The molecule has 2 aromatic rings. The van der Waals surface area contributed by atoms with Gasteiger partial charge in [0.05, 0.1) is 5.69 Å². The monoisotopic (exact) mass is 256 g/mol. The van der Waals surface area contributed by atoms with Crippen LogP contribution in [0.5, 0.6) is 5.75 Å². The zero-order chi connectivity index (χ0) is 13.5. The second kappa shape index (κ2) is 6.90. The first kappa shape index (κ1) is 13.6. The maximum atomic E-state index is 5.82. The van der Waals surface area contributed by atoms with E-state index < -0.39 is 0 Å². The van der Waals surface area contributed by atoms with Crippen LogP contribution in [0.15, 0.2) is 42.6 Å². The van der Waals surface area contributed by atoms with Crippen molar-refractivity contribution in [2.24, 2.45) is 0 Å². The van der Waals surface area contributed by atoms with Crippen molar-refractivity contribution in [2.45, 2.75) is 20.4 Å². The Hall–Kier alpha value is -1.87. The summed E-state index contributed by atoms with van der Waals surface area (Å²) in [5, 5.41) is 3.32. The number of rotatable bonds is 6. The molecule has 0 bridgehead atoms. The molecule has 0 fully saturated rings. The molecule has 0 saturated heterocycles. The molecule has 0 unspecified atom stereocenters. The van der Waals surface area contributed by atoms with Crippen LogP contribution in [0.4, 0.5) is 0 Å². The molecule has 1 heterocycles. The van der Waals surface area contributed by atoms with Gasteiger partial charge in [0.25, 0.3) is 0 Å². The number of ether oxygens (including phenoxy) is 1. The number of pyridine rings is 1. The summed E-state index contributed by atoms with van der Waals surface area (Å²) in [5.41, 5.74) is 3.42. The summed E-state index contributed by atoms with van der Waals surface area (Å²) in [6.07, 6.45) is 1.81. The summed E-state index contributed by atoms with van der Waals surface area (Å²) in [7, 11) is 0. The van der Waals surface area contributed by atoms with Gasteiger partial charge < -0.3 is 10.1 Å². The number of hydrogen-bond donors (Lipinski definition) is 1. The molecule has 0 aliphatic carbocycles. The standard InChI is InChI=1S/C16H20N2O/c1-13-6-5-7-14(2)16(13)19-11-10-17-12-15-8-3-4-9-18-15/h3-9,17H,10-12H2,1-2H3. The second-order valence-electron chi connectivity index (χ2n) is 4.57. The lowest BCUT2D eigenvalue weighted by atomic mass is 10.1. The minimum absolute atomic E-state index is 0.665. The van der Waals surface area contributed by atoms with Gasteiger partial charge >= 0.3 is 0 Å². The van der Waals surface area contributed by atoms with Gasteiger partial charge in [0.1, 0.15) is 12.4 Å². The third-order valence-corrected chi connectivity index (χ3v) is 2.97. The van der Waals surface area contributed by atoms with E-state index in [1.54, 1.807) is 0 Å². The fourth-order valence-corrected chi connectivity index (χ4v) is 1.97. The molecule has 2 rings (SSSR count). The topological polar surface area (TPSA) is 34.1 Å². The van der Waals surface area contributed by atoms with Crippen molar-refractivity contribution < 1.29 is 4.74 Å². The zero-order valence-corrected chi connectivity index (χ0v) is 11.5. The van der Waals surface area contributed by atoms with E-state index >= 15 is 0 Å². The Kier molecular flexibility index (Phi) is 4.93. The fraction of sp³-hybridized carbons (Fsp3) is 0.312. The summed E-state index contributed by atoms with van der Waals surface area (Å²) in [4.78, 5) is 4.26. The third-order valence-electron chi connectivity index (χ3n) is 2.97. The number of nitrogens with zero attached hydrogens (tertiary/aromatic N) is 1. The number of hydrogen-bond acceptors (Lipinski definition) is 3. The van der Waals surface area contributed by atoms with Crippen LogP contribution in [0.3, 0.4) is 0 Å². The molecular formula is C16H20N2O. The number of aryl methyl sites for hydroxylation is 2. The normalized spacial score (nSPS) is 10.4. The molecular weight excluding hydrogens is 236 g/mol. The van der Waals surface area contributed by atoms with E-state index in [2.05, 4.69) is 42.3 Å². The highest BCUT2D eigenvalue weighted by Crippen LogP contribution is 2.21. The quantitative estimate of drug-likeness (QED) is 0.807. The Balaban J connectivity index is 1.73. The Morgan fingerprint density at radius 2 is 1.84 bits per heavy atom. The Labute approximate surface area is 114 Å². The predicted octanol–water partition coefficient (Wildman–Crippen LogP) is 2.87. The molecule has 0 atom stereocenters. The first-order valence-electron chi connectivity index (χ1n) is 6.57. The van der Waals surface area contributed by atoms with Gasteiger partial charge in [0.2, 0.25) is 0 Å². The molecule has 0 aliphatic rings. The number of para-hydroxylation sites is 1. The van der Waals surface area contributed by atoms with Gasteiger partial charge in [-0.25, -0.2) is 0 Å². The largest absolute Gasteiger partial charge is 0.492 e. The highest BCUT2D eigenvalue weighted by molar-refractivity contribution is 5.39. The van der Waals surface area contributed by atoms with Gasteiger partial charge in [-0.2, -0.15) is 0 Å². The first-order valence-corrected chi connectivity index (χ1v) is 6.57. The van der Waals surface area contributed by atoms with Crippen molar-refractivity contribution in [1.29, 1.82) is 0 Å². The Morgan fingerprint density at radius 1 is 1.05 bits per heavy atom. The summed E-state index contributed by atoms with van der Waals surface area (Å²) in [6, 6.07) is 12.1. The van der Waals surface area contributed by atoms with Gasteiger partial charge in [-0.3, -0.25) is 4.98 Å². The van der Waals surface area contributed by atoms with E-state index in [1.165, 1.54) is 11.1 Å². The first-order chi connectivity index (χ1) is 9.27. The Morgan fingerprint density at radius 3 is 2.53 bits per heavy atom. The van der Waals surface area contributed by atoms with Crippen molar-refractivity contribution >= 4 is 0 Å². The van der Waals surface area contributed by atoms with Gasteiger partial charge in [-0.15, -0.1) is 0 Å². The maximum absolute atomic E-state index is 5.82. The molecule has 0 spiro atoms. The van der Waals surface area contributed by atoms with Crippen molar-refractivity contribution in [3.8, 4) is 5.75 Å². The van der Waals surface area contributed by atoms with E-state index in [9.17, 15) is 0 Å². The van der Waals surface area contributed by atoms with Crippen LogP contribution in [0.1, 0.15) is 16.8 Å². The SMILES string of the molecule is Cc1cccc(C)c1OCCNCc1ccccn1. The van der Waals surface area contributed by atoms with E-state index in [0.29, 0.717) is 6.61 Å². The molecule has 19 heavy (non-hydrogen) atoms. The maximum Gasteiger partial charge on any atom is 0.125 e. The molecule has 0 saturated carbocycles. The van der Waals surface area contributed by atoms with Crippen LogP contribution in [-0.4, -0.2) is 18.1 Å². The highest BCUT2D eigenvalue weighted by Gasteiger charge is 2.02. The zero-order valence-electron chi connectivity index (χ0n) is 11.5. The van der Waals surface area contributed by atoms with Crippen LogP contribution in [0.2, 0.25) is 0 Å². The van der Waals surface area contributed by atoms with Crippen LogP contribution in [0, 0.1) is 13.8 Å². The van der Waals surface area contributed by atoms with Gasteiger partial charge in [-0.05, 0) is 37.1 Å². The van der Waals surface area contributed by atoms with Gasteiger partial charge in [-0.1, -0.05) is 24.3 Å². The predicted molar refractivity (Wildman–Crippen MR) is 77.4 cm³/mol. The lowest BCUT2D eigenvalue weighted by molar-refractivity contribution is 0.309. The average Bonchev–Trinajstić information content (AvgIpc) is 2.42. The van der Waals surface area contributed by atoms with Crippen LogP contribution >= 0.6 is 0 Å². The van der Waals surface area contributed by atoms with Crippen LogP contribution in [-0.2, 0) is 6.54 Å². The summed E-state index contributed by atoms with van der Waals surface area (Å²) in [6.45, 7) is 6.40. The third kappa shape index (κ3) is 4.07. The summed E-state index contributed by atoms with van der Waals surface area (Å²) < 4.78 is 5.82. The molecule has 0 amide bonds. The molecule has 1 N–H and O–H groups in total. The van der Waals surface area contributed by atoms with E-state index in [4.69, 9.17) is 4.74 Å². The summed E-state index contributed by atoms with van der Waals surface area (Å²) >= 11 is 0. The lowest BCUT2D eigenvalue weighted by Crippen LogP contribution is -2.21. The number of aromatic nitrogens is 1. The van der Waals surface area contributed by atoms with Crippen molar-refractivity contribution in [3.05, 3.63) is 59.4 Å². The lowest BCUT2D eigenvalue weighted by Gasteiger charge is -2.12. The van der Waals surface area contributed by atoms with Crippen LogP contribution < -0.4 is 10.1 Å². The fourth-order valence-electron chi connectivity index (χ4n) is 1.97. The highest BCUT2D eigenvalue weighted by atomic mass is 16.5. The average molecular weight is 256 g/mol. The molecule has 0 radical (unpaired) electrons. The van der Waals surface area contributed by atoms with E-state index in [0.717, 1.165) is 24.5 Å². The molecule has 3 nitrogen and oxygen atoms in total. The second-order valence-corrected chi connectivity index (χ2v) is 4.57. The van der Waals surface area contributed by atoms with E-state index in [1.807, 2.05) is 24.4 Å². The minimum atomic E-state index is 0.665. The molecule has 3 heteroatoms. The van der Waals surface area contributed by atoms with Crippen molar-refractivity contribution in [1.82, 2.24) is 10.3 Å². The Bertz CT molecular complexity index is 491. The molecule has 0 aliphatic heterocycles. The van der Waals surface area contributed by atoms with Crippen molar-refractivity contribution in [2.75, 3.05) is 13.2 Å². The number of nitrogens with one attached hydrogen (secondary N) is 1. The number of benzene rings is 1. The van der Waals surface area contributed by atoms with Gasteiger partial charge in [0.15, 0.2) is 0 Å². The molecule has 1 aromatic carbocycles. The van der Waals surface area contributed by atoms with E-state index in [-0.39, 0.29) is 0 Å². The minimum Gasteiger partial charge on any atom is -0.492 e. The van der Waals surface area contributed by atoms with Gasteiger partial charge in [0, 0.05) is 19.3 Å². The van der Waals surface area contributed by atoms with Crippen LogP contribution in [0.25, 0.3) is 0 Å².